The van der Waals surface area contributed by atoms with Gasteiger partial charge < -0.3 is 14.6 Å². The molecule has 1 amide bonds. The normalized spacial score (nSPS) is 13.4. The number of thiazole rings is 1. The number of Topliss-reactive ketones (excluding diaryl/α,β-unsaturated/α-hetero) is 1. The van der Waals surface area contributed by atoms with Gasteiger partial charge >= 0.3 is 0 Å². The van der Waals surface area contributed by atoms with Crippen molar-refractivity contribution < 1.29 is 14.3 Å². The van der Waals surface area contributed by atoms with Crippen molar-refractivity contribution in [1.82, 2.24) is 29.8 Å². The van der Waals surface area contributed by atoms with Crippen molar-refractivity contribution in [3.05, 3.63) is 94.1 Å². The fourth-order valence-corrected chi connectivity index (χ4v) is 5.78. The third-order valence-electron chi connectivity index (χ3n) is 7.08. The molecular weight excluding hydrogens is 524 g/mol. The largest absolute Gasteiger partial charge is 0.494 e. The number of aromatic amines is 1. The summed E-state index contributed by atoms with van der Waals surface area (Å²) in [7, 11) is 1.51. The van der Waals surface area contributed by atoms with E-state index in [9.17, 15) is 9.59 Å². The van der Waals surface area contributed by atoms with Crippen molar-refractivity contribution in [2.45, 2.75) is 19.8 Å². The standard InChI is InChI=1S/C30H26N6O3S/c1-18-35-23(17-40-18)25(19-6-4-3-5-7-19)20-8-12-36(13-9-20)30(38)29(37)21-14-33-28-26(21)24(39-2)16-34-27(28)22-15-31-10-11-32-22/h3-7,10-11,14-17,33H,8-9,12-13H2,1-2H3. The number of hydrogen-bond acceptors (Lipinski definition) is 8. The van der Waals surface area contributed by atoms with Crippen molar-refractivity contribution in [2.75, 3.05) is 20.2 Å². The van der Waals surface area contributed by atoms with E-state index in [1.165, 1.54) is 18.9 Å². The van der Waals surface area contributed by atoms with Gasteiger partial charge in [-0.2, -0.15) is 0 Å². The lowest BCUT2D eigenvalue weighted by molar-refractivity contribution is -0.126. The molecule has 1 aliphatic rings. The maximum atomic E-state index is 13.6. The number of pyridine rings is 1. The van der Waals surface area contributed by atoms with Crippen LogP contribution in [0.4, 0.5) is 0 Å². The Balaban J connectivity index is 1.28. The minimum Gasteiger partial charge on any atom is -0.494 e. The molecule has 1 saturated heterocycles. The van der Waals surface area contributed by atoms with Gasteiger partial charge in [-0.25, -0.2) is 9.97 Å². The molecule has 6 rings (SSSR count). The molecule has 1 N–H and O–H groups in total. The number of carbonyl (C=O) groups is 2. The maximum Gasteiger partial charge on any atom is 0.295 e. The molecule has 0 spiro atoms. The van der Waals surface area contributed by atoms with Crippen LogP contribution < -0.4 is 4.74 Å². The number of nitrogens with zero attached hydrogens (tertiary/aromatic N) is 5. The molecule has 0 aliphatic carbocycles. The Bertz CT molecular complexity index is 1730. The number of benzene rings is 1. The van der Waals surface area contributed by atoms with E-state index >= 15 is 0 Å². The number of aromatic nitrogens is 5. The van der Waals surface area contributed by atoms with E-state index in [2.05, 4.69) is 37.4 Å². The van der Waals surface area contributed by atoms with Crippen molar-refractivity contribution in [2.24, 2.45) is 0 Å². The number of carbonyl (C=O) groups excluding carboxylic acids is 2. The number of piperidine rings is 1. The summed E-state index contributed by atoms with van der Waals surface area (Å²) >= 11 is 1.62. The highest BCUT2D eigenvalue weighted by Gasteiger charge is 2.30. The van der Waals surface area contributed by atoms with Crippen molar-refractivity contribution in [1.29, 1.82) is 0 Å². The van der Waals surface area contributed by atoms with Crippen LogP contribution in [0, 0.1) is 6.92 Å². The number of ketones is 1. The Hall–Kier alpha value is -4.70. The van der Waals surface area contributed by atoms with Crippen LogP contribution >= 0.6 is 11.3 Å². The lowest BCUT2D eigenvalue weighted by Gasteiger charge is -2.29. The number of methoxy groups -OCH3 is 1. The number of amides is 1. The van der Waals surface area contributed by atoms with Gasteiger partial charge in [0.25, 0.3) is 11.7 Å². The van der Waals surface area contributed by atoms with Crippen LogP contribution in [-0.4, -0.2) is 61.7 Å². The van der Waals surface area contributed by atoms with E-state index in [4.69, 9.17) is 9.72 Å². The van der Waals surface area contributed by atoms with Gasteiger partial charge in [0, 0.05) is 42.6 Å². The molecule has 10 heteroatoms. The summed E-state index contributed by atoms with van der Waals surface area (Å²) in [6, 6.07) is 10.2. The second-order valence-electron chi connectivity index (χ2n) is 9.44. The van der Waals surface area contributed by atoms with Crippen LogP contribution in [-0.2, 0) is 4.79 Å². The first kappa shape index (κ1) is 25.6. The lowest BCUT2D eigenvalue weighted by atomic mass is 9.91. The molecule has 1 fully saturated rings. The van der Waals surface area contributed by atoms with Crippen LogP contribution in [0.15, 0.2) is 72.3 Å². The van der Waals surface area contributed by atoms with Crippen molar-refractivity contribution >= 4 is 39.5 Å². The number of rotatable bonds is 6. The SMILES string of the molecule is COc1cnc(-c2cnccn2)c2[nH]cc(C(=O)C(=O)N3CCC(=C(c4ccccc4)c4csc(C)n4)CC3)c12. The van der Waals surface area contributed by atoms with E-state index in [1.807, 2.05) is 25.1 Å². The molecule has 1 aliphatic heterocycles. The second kappa shape index (κ2) is 10.8. The van der Waals surface area contributed by atoms with Gasteiger partial charge in [-0.1, -0.05) is 35.9 Å². The van der Waals surface area contributed by atoms with Crippen molar-refractivity contribution in [3.8, 4) is 17.1 Å². The summed E-state index contributed by atoms with van der Waals surface area (Å²) in [6.45, 7) is 2.90. The van der Waals surface area contributed by atoms with E-state index in [0.717, 1.165) is 21.8 Å². The number of fused-ring (bicyclic) bond motifs is 1. The number of aryl methyl sites for hydroxylation is 1. The van der Waals surface area contributed by atoms with Gasteiger partial charge in [0.2, 0.25) is 0 Å². The van der Waals surface area contributed by atoms with Gasteiger partial charge in [0.15, 0.2) is 0 Å². The first-order chi connectivity index (χ1) is 19.5. The molecule has 200 valence electrons. The fourth-order valence-electron chi connectivity index (χ4n) is 5.17. The highest BCUT2D eigenvalue weighted by molar-refractivity contribution is 7.09. The van der Waals surface area contributed by atoms with Crippen LogP contribution in [0.5, 0.6) is 5.75 Å². The number of hydrogen-bond donors (Lipinski definition) is 1. The smallest absolute Gasteiger partial charge is 0.295 e. The van der Waals surface area contributed by atoms with Crippen LogP contribution in [0.1, 0.15) is 39.5 Å². The van der Waals surface area contributed by atoms with E-state index in [0.29, 0.717) is 54.0 Å². The van der Waals surface area contributed by atoms with Crippen LogP contribution in [0.3, 0.4) is 0 Å². The van der Waals surface area contributed by atoms with E-state index < -0.39 is 11.7 Å². The summed E-state index contributed by atoms with van der Waals surface area (Å²) in [5.74, 6) is -0.729. The lowest BCUT2D eigenvalue weighted by Crippen LogP contribution is -2.40. The van der Waals surface area contributed by atoms with Crippen LogP contribution in [0.25, 0.3) is 27.9 Å². The van der Waals surface area contributed by atoms with Gasteiger partial charge in [0.1, 0.15) is 17.1 Å². The Morgan fingerprint density at radius 3 is 2.52 bits per heavy atom. The molecule has 5 heterocycles. The Kier molecular flexibility index (Phi) is 6.91. The predicted molar refractivity (Wildman–Crippen MR) is 153 cm³/mol. The third kappa shape index (κ3) is 4.66. The molecule has 0 unspecified atom stereocenters. The molecule has 4 aromatic heterocycles. The highest BCUT2D eigenvalue weighted by atomic mass is 32.1. The first-order valence-corrected chi connectivity index (χ1v) is 13.8. The molecule has 0 saturated carbocycles. The van der Waals surface area contributed by atoms with Crippen LogP contribution in [0.2, 0.25) is 0 Å². The third-order valence-corrected chi connectivity index (χ3v) is 7.86. The Labute approximate surface area is 234 Å². The molecule has 40 heavy (non-hydrogen) atoms. The molecule has 5 aromatic rings. The first-order valence-electron chi connectivity index (χ1n) is 12.9. The monoisotopic (exact) mass is 550 g/mol. The van der Waals surface area contributed by atoms with Gasteiger partial charge in [-0.3, -0.25) is 19.6 Å². The number of likely N-dealkylation sites (tertiary alicyclic amines) is 1. The molecule has 1 aromatic carbocycles. The Morgan fingerprint density at radius 2 is 1.85 bits per heavy atom. The maximum absolute atomic E-state index is 13.6. The summed E-state index contributed by atoms with van der Waals surface area (Å²) < 4.78 is 5.51. The molecular formula is C30H26N6O3S. The number of ether oxygens (including phenoxy) is 1. The topological polar surface area (TPSA) is 114 Å². The fraction of sp³-hybridized carbons (Fsp3) is 0.200. The predicted octanol–water partition coefficient (Wildman–Crippen LogP) is 5.10. The zero-order valence-electron chi connectivity index (χ0n) is 22.0. The van der Waals surface area contributed by atoms with Gasteiger partial charge in [-0.15, -0.1) is 11.3 Å². The minimum atomic E-state index is -0.591. The average Bonchev–Trinajstić information content (AvgIpc) is 3.64. The minimum absolute atomic E-state index is 0.244. The average molecular weight is 551 g/mol. The Morgan fingerprint density at radius 1 is 1.05 bits per heavy atom. The quantitative estimate of drug-likeness (QED) is 0.231. The zero-order chi connectivity index (χ0) is 27.6. The summed E-state index contributed by atoms with van der Waals surface area (Å²) in [5, 5.41) is 3.59. The highest BCUT2D eigenvalue weighted by Crippen LogP contribution is 2.35. The van der Waals surface area contributed by atoms with Gasteiger partial charge in [0.05, 0.1) is 46.7 Å². The van der Waals surface area contributed by atoms with Crippen molar-refractivity contribution in [3.63, 3.8) is 0 Å². The number of H-pyrrole nitrogens is 1. The van der Waals surface area contributed by atoms with E-state index in [-0.39, 0.29) is 5.56 Å². The second-order valence-corrected chi connectivity index (χ2v) is 10.5. The van der Waals surface area contributed by atoms with Gasteiger partial charge in [-0.05, 0) is 25.3 Å². The summed E-state index contributed by atoms with van der Waals surface area (Å²) in [4.78, 5) is 49.4. The summed E-state index contributed by atoms with van der Waals surface area (Å²) in [6.07, 6.45) is 9.15. The summed E-state index contributed by atoms with van der Waals surface area (Å²) in [5.41, 5.74) is 6.29. The molecule has 0 radical (unpaired) electrons. The number of nitrogens with one attached hydrogen (secondary N) is 1. The molecule has 0 bridgehead atoms. The molecule has 0 atom stereocenters. The zero-order valence-corrected chi connectivity index (χ0v) is 22.9. The molecule has 9 nitrogen and oxygen atoms in total. The van der Waals surface area contributed by atoms with E-state index in [1.54, 1.807) is 41.0 Å².